The predicted octanol–water partition coefficient (Wildman–Crippen LogP) is 4.70. The van der Waals surface area contributed by atoms with Gasteiger partial charge in [0.15, 0.2) is 0 Å². The first-order chi connectivity index (χ1) is 6.37. The fourth-order valence-electron chi connectivity index (χ4n) is 1.27. The maximum absolute atomic E-state index is 13.5. The van der Waals surface area contributed by atoms with E-state index in [-0.39, 0.29) is 27.1 Å². The van der Waals surface area contributed by atoms with Gasteiger partial charge in [0.2, 0.25) is 0 Å². The molecular formula is C10H10Cl2F2. The van der Waals surface area contributed by atoms with Gasteiger partial charge in [0.25, 0.3) is 0 Å². The van der Waals surface area contributed by atoms with Gasteiger partial charge in [-0.1, -0.05) is 37.0 Å². The number of rotatable bonds is 1. The second-order valence-electron chi connectivity index (χ2n) is 3.45. The average Bonchev–Trinajstić information content (AvgIpc) is 2.11. The van der Waals surface area contributed by atoms with Crippen molar-refractivity contribution in [1.82, 2.24) is 0 Å². The molecule has 1 rings (SSSR count). The summed E-state index contributed by atoms with van der Waals surface area (Å²) in [5.74, 6) is -1.70. The van der Waals surface area contributed by atoms with Crippen LogP contribution >= 0.6 is 23.2 Å². The minimum Gasteiger partial charge on any atom is -0.205 e. The molecule has 0 amide bonds. The zero-order valence-corrected chi connectivity index (χ0v) is 9.60. The molecule has 0 saturated carbocycles. The van der Waals surface area contributed by atoms with Crippen LogP contribution in [0.25, 0.3) is 0 Å². The zero-order chi connectivity index (χ0) is 11.0. The van der Waals surface area contributed by atoms with Crippen molar-refractivity contribution in [3.63, 3.8) is 0 Å². The third-order valence-electron chi connectivity index (χ3n) is 2.09. The molecule has 0 aliphatic carbocycles. The van der Waals surface area contributed by atoms with Crippen molar-refractivity contribution < 1.29 is 8.78 Å². The largest absolute Gasteiger partial charge is 0.205 e. The van der Waals surface area contributed by atoms with Crippen LogP contribution in [0.15, 0.2) is 0 Å². The minimum atomic E-state index is -0.707. The van der Waals surface area contributed by atoms with Gasteiger partial charge in [-0.3, -0.25) is 0 Å². The second kappa shape index (κ2) is 4.03. The molecule has 0 nitrogen and oxygen atoms in total. The highest BCUT2D eigenvalue weighted by Gasteiger charge is 2.22. The van der Waals surface area contributed by atoms with Crippen molar-refractivity contribution in [2.75, 3.05) is 0 Å². The minimum absolute atomic E-state index is 0.0504. The summed E-state index contributed by atoms with van der Waals surface area (Å²) in [7, 11) is 0. The van der Waals surface area contributed by atoms with Crippen molar-refractivity contribution in [3.8, 4) is 0 Å². The summed E-state index contributed by atoms with van der Waals surface area (Å²) in [6, 6.07) is 0. The Morgan fingerprint density at radius 1 is 1.00 bits per heavy atom. The van der Waals surface area contributed by atoms with Gasteiger partial charge in [-0.25, -0.2) is 8.78 Å². The monoisotopic (exact) mass is 238 g/mol. The summed E-state index contributed by atoms with van der Waals surface area (Å²) in [6.45, 7) is 4.86. The molecule has 14 heavy (non-hydrogen) atoms. The van der Waals surface area contributed by atoms with Crippen LogP contribution in [-0.4, -0.2) is 0 Å². The lowest BCUT2D eigenvalue weighted by Crippen LogP contribution is -2.02. The van der Waals surface area contributed by atoms with E-state index in [4.69, 9.17) is 23.2 Å². The Bertz CT molecular complexity index is 344. The van der Waals surface area contributed by atoms with Gasteiger partial charge in [0, 0.05) is 5.56 Å². The van der Waals surface area contributed by atoms with Crippen LogP contribution in [0.5, 0.6) is 0 Å². The quantitative estimate of drug-likeness (QED) is 0.623. The van der Waals surface area contributed by atoms with E-state index in [0.717, 1.165) is 0 Å². The first-order valence-corrected chi connectivity index (χ1v) is 4.96. The Morgan fingerprint density at radius 3 is 1.64 bits per heavy atom. The molecule has 0 aliphatic rings. The smallest absolute Gasteiger partial charge is 0.148 e. The molecule has 0 spiro atoms. The lowest BCUT2D eigenvalue weighted by Gasteiger charge is -2.13. The Labute approximate surface area is 91.8 Å². The highest BCUT2D eigenvalue weighted by Crippen LogP contribution is 2.35. The number of hydrogen-bond acceptors (Lipinski definition) is 0. The summed E-state index contributed by atoms with van der Waals surface area (Å²) < 4.78 is 27.0. The molecule has 0 aromatic heterocycles. The van der Waals surface area contributed by atoms with Gasteiger partial charge < -0.3 is 0 Å². The maximum atomic E-state index is 13.5. The molecular weight excluding hydrogens is 229 g/mol. The Balaban J connectivity index is 3.60. The van der Waals surface area contributed by atoms with Crippen molar-refractivity contribution >= 4 is 23.2 Å². The van der Waals surface area contributed by atoms with Crippen LogP contribution in [0.3, 0.4) is 0 Å². The van der Waals surface area contributed by atoms with Gasteiger partial charge in [0.05, 0.1) is 10.0 Å². The van der Waals surface area contributed by atoms with Crippen molar-refractivity contribution in [1.29, 1.82) is 0 Å². The zero-order valence-electron chi connectivity index (χ0n) is 8.09. The van der Waals surface area contributed by atoms with Gasteiger partial charge in [-0.15, -0.1) is 0 Å². The molecule has 0 N–H and O–H groups in total. The van der Waals surface area contributed by atoms with Crippen molar-refractivity contribution in [3.05, 3.63) is 32.8 Å². The van der Waals surface area contributed by atoms with Crippen molar-refractivity contribution in [2.45, 2.75) is 26.7 Å². The first-order valence-electron chi connectivity index (χ1n) is 4.20. The summed E-state index contributed by atoms with van der Waals surface area (Å²) in [4.78, 5) is 0. The van der Waals surface area contributed by atoms with Crippen molar-refractivity contribution in [2.24, 2.45) is 0 Å². The van der Waals surface area contributed by atoms with E-state index in [9.17, 15) is 8.78 Å². The highest BCUT2D eigenvalue weighted by atomic mass is 35.5. The van der Waals surface area contributed by atoms with E-state index < -0.39 is 11.6 Å². The van der Waals surface area contributed by atoms with E-state index in [0.29, 0.717) is 0 Å². The van der Waals surface area contributed by atoms with E-state index in [1.54, 1.807) is 13.8 Å². The summed E-state index contributed by atoms with van der Waals surface area (Å²) in [5, 5.41) is -0.194. The average molecular weight is 239 g/mol. The fraction of sp³-hybridized carbons (Fsp3) is 0.400. The normalized spacial score (nSPS) is 11.1. The van der Waals surface area contributed by atoms with E-state index >= 15 is 0 Å². The van der Waals surface area contributed by atoms with E-state index in [1.807, 2.05) is 0 Å². The molecule has 0 atom stereocenters. The molecule has 0 fully saturated rings. The number of hydrogen-bond donors (Lipinski definition) is 0. The Morgan fingerprint density at radius 2 is 1.36 bits per heavy atom. The molecule has 4 heteroatoms. The summed E-state index contributed by atoms with van der Waals surface area (Å²) >= 11 is 11.4. The van der Waals surface area contributed by atoms with Crippen LogP contribution in [0, 0.1) is 18.6 Å². The molecule has 0 unspecified atom stereocenters. The van der Waals surface area contributed by atoms with E-state index in [2.05, 4.69) is 0 Å². The third kappa shape index (κ3) is 1.73. The van der Waals surface area contributed by atoms with Crippen LogP contribution in [0.1, 0.15) is 30.9 Å². The molecule has 0 radical (unpaired) electrons. The van der Waals surface area contributed by atoms with Gasteiger partial charge in [0.1, 0.15) is 11.6 Å². The second-order valence-corrected chi connectivity index (χ2v) is 4.21. The molecule has 1 aromatic rings. The fourth-order valence-corrected chi connectivity index (χ4v) is 1.71. The topological polar surface area (TPSA) is 0 Å². The molecule has 0 bridgehead atoms. The van der Waals surface area contributed by atoms with Crippen LogP contribution < -0.4 is 0 Å². The SMILES string of the molecule is Cc1c(Cl)c(F)c(C(C)C)c(F)c1Cl. The Hall–Kier alpha value is -0.340. The summed E-state index contributed by atoms with van der Waals surface area (Å²) in [6.07, 6.45) is 0. The van der Waals surface area contributed by atoms with Gasteiger partial charge in [-0.05, 0) is 18.4 Å². The molecule has 1 aromatic carbocycles. The molecule has 78 valence electrons. The van der Waals surface area contributed by atoms with Crippen LogP contribution in [-0.2, 0) is 0 Å². The number of benzene rings is 1. The van der Waals surface area contributed by atoms with Gasteiger partial charge >= 0.3 is 0 Å². The molecule has 0 aliphatic heterocycles. The summed E-state index contributed by atoms with van der Waals surface area (Å²) in [5.41, 5.74) is 0.193. The number of halogens is 4. The van der Waals surface area contributed by atoms with Crippen LogP contribution in [0.2, 0.25) is 10.0 Å². The Kier molecular flexibility index (Phi) is 3.38. The first kappa shape index (κ1) is 11.7. The predicted molar refractivity (Wildman–Crippen MR) is 55.2 cm³/mol. The maximum Gasteiger partial charge on any atom is 0.148 e. The highest BCUT2D eigenvalue weighted by molar-refractivity contribution is 6.36. The van der Waals surface area contributed by atoms with Gasteiger partial charge in [-0.2, -0.15) is 0 Å². The lowest BCUT2D eigenvalue weighted by molar-refractivity contribution is 0.540. The lowest BCUT2D eigenvalue weighted by atomic mass is 10.00. The van der Waals surface area contributed by atoms with E-state index in [1.165, 1.54) is 6.92 Å². The van der Waals surface area contributed by atoms with Crippen LogP contribution in [0.4, 0.5) is 8.78 Å². The third-order valence-corrected chi connectivity index (χ3v) is 2.99. The molecule has 0 heterocycles. The standard InChI is InChI=1S/C10H10Cl2F2/c1-4(2)6-9(13)7(11)5(3)8(12)10(6)14/h4H,1-3H3. The molecule has 0 saturated heterocycles.